The topological polar surface area (TPSA) is 45.2 Å². The lowest BCUT2D eigenvalue weighted by molar-refractivity contribution is 0.0943. The monoisotopic (exact) mass is 321 g/mol. The molecule has 2 heterocycles. The van der Waals surface area contributed by atoms with E-state index in [1.165, 1.54) is 11.3 Å². The summed E-state index contributed by atoms with van der Waals surface area (Å²) in [5, 5.41) is 3.84. The Balaban J connectivity index is 1.61. The van der Waals surface area contributed by atoms with Crippen molar-refractivity contribution in [2.45, 2.75) is 19.4 Å². The van der Waals surface area contributed by atoms with Gasteiger partial charge in [0.1, 0.15) is 4.88 Å². The lowest BCUT2D eigenvalue weighted by Gasteiger charge is -2.19. The predicted molar refractivity (Wildman–Crippen MR) is 86.4 cm³/mol. The van der Waals surface area contributed by atoms with E-state index in [0.717, 1.165) is 35.9 Å². The van der Waals surface area contributed by atoms with Crippen molar-refractivity contribution >= 4 is 34.5 Å². The molecule has 1 atom stereocenters. The number of nitrogens with zero attached hydrogens (tertiary/aromatic N) is 2. The zero-order chi connectivity index (χ0) is 14.8. The molecule has 1 amide bonds. The van der Waals surface area contributed by atoms with Crippen molar-refractivity contribution in [2.75, 3.05) is 18.0 Å². The third-order valence-corrected chi connectivity index (χ3v) is 4.85. The van der Waals surface area contributed by atoms with Crippen LogP contribution in [0.4, 0.5) is 5.69 Å². The largest absolute Gasteiger partial charge is 0.369 e. The molecule has 0 bridgehead atoms. The van der Waals surface area contributed by atoms with Crippen molar-refractivity contribution in [3.05, 3.63) is 45.4 Å². The molecule has 1 aromatic carbocycles. The van der Waals surface area contributed by atoms with E-state index in [0.29, 0.717) is 4.88 Å². The van der Waals surface area contributed by atoms with E-state index >= 15 is 0 Å². The van der Waals surface area contributed by atoms with Crippen LogP contribution in [0.15, 0.2) is 29.8 Å². The summed E-state index contributed by atoms with van der Waals surface area (Å²) in [6.45, 7) is 3.62. The molecular formula is C15H16ClN3OS. The molecule has 2 aromatic rings. The Morgan fingerprint density at radius 3 is 2.86 bits per heavy atom. The molecule has 3 rings (SSSR count). The molecule has 0 radical (unpaired) electrons. The van der Waals surface area contributed by atoms with Crippen LogP contribution in [-0.4, -0.2) is 30.0 Å². The van der Waals surface area contributed by atoms with Crippen molar-refractivity contribution in [1.29, 1.82) is 0 Å². The maximum absolute atomic E-state index is 12.2. The SMILES string of the molecule is Cc1ncsc1C(=O)N[C@@H]1CCN(c2ccc(Cl)cc2)C1. The number of thiazole rings is 1. The molecule has 1 aromatic heterocycles. The van der Waals surface area contributed by atoms with Crippen LogP contribution in [0.2, 0.25) is 5.02 Å². The van der Waals surface area contributed by atoms with Crippen molar-refractivity contribution in [2.24, 2.45) is 0 Å². The molecule has 6 heteroatoms. The summed E-state index contributed by atoms with van der Waals surface area (Å²) in [6.07, 6.45) is 0.951. The Morgan fingerprint density at radius 2 is 2.19 bits per heavy atom. The quantitative estimate of drug-likeness (QED) is 0.944. The van der Waals surface area contributed by atoms with E-state index in [-0.39, 0.29) is 11.9 Å². The average Bonchev–Trinajstić information content (AvgIpc) is 3.09. The molecule has 0 aliphatic carbocycles. The summed E-state index contributed by atoms with van der Waals surface area (Å²) >= 11 is 7.30. The number of benzene rings is 1. The number of amides is 1. The van der Waals surface area contributed by atoms with Gasteiger partial charge in [-0.3, -0.25) is 4.79 Å². The Hall–Kier alpha value is -1.59. The van der Waals surface area contributed by atoms with Crippen molar-refractivity contribution in [3.63, 3.8) is 0 Å². The van der Waals surface area contributed by atoms with E-state index < -0.39 is 0 Å². The van der Waals surface area contributed by atoms with E-state index in [9.17, 15) is 4.79 Å². The Bertz CT molecular complexity index is 641. The second kappa shape index (κ2) is 6.03. The van der Waals surface area contributed by atoms with Crippen LogP contribution in [0.5, 0.6) is 0 Å². The fraction of sp³-hybridized carbons (Fsp3) is 0.333. The smallest absolute Gasteiger partial charge is 0.263 e. The number of nitrogens with one attached hydrogen (secondary N) is 1. The molecule has 1 saturated heterocycles. The zero-order valence-corrected chi connectivity index (χ0v) is 13.2. The molecule has 1 N–H and O–H groups in total. The summed E-state index contributed by atoms with van der Waals surface area (Å²) in [4.78, 5) is 19.3. The molecule has 1 aliphatic rings. The Morgan fingerprint density at radius 1 is 1.43 bits per heavy atom. The van der Waals surface area contributed by atoms with Crippen molar-refractivity contribution in [3.8, 4) is 0 Å². The number of rotatable bonds is 3. The van der Waals surface area contributed by atoms with Gasteiger partial charge in [0, 0.05) is 29.8 Å². The summed E-state index contributed by atoms with van der Waals surface area (Å²) in [5.74, 6) is -0.0158. The highest BCUT2D eigenvalue weighted by atomic mass is 35.5. The molecule has 0 saturated carbocycles. The van der Waals surface area contributed by atoms with Crippen LogP contribution in [0.3, 0.4) is 0 Å². The van der Waals surface area contributed by atoms with Gasteiger partial charge in [-0.1, -0.05) is 11.6 Å². The minimum Gasteiger partial charge on any atom is -0.369 e. The predicted octanol–water partition coefficient (Wildman–Crippen LogP) is 3.11. The van der Waals surface area contributed by atoms with Crippen LogP contribution in [0.1, 0.15) is 21.8 Å². The lowest BCUT2D eigenvalue weighted by Crippen LogP contribution is -2.37. The highest BCUT2D eigenvalue weighted by molar-refractivity contribution is 7.11. The van der Waals surface area contributed by atoms with Gasteiger partial charge < -0.3 is 10.2 Å². The minimum absolute atomic E-state index is 0.0158. The zero-order valence-electron chi connectivity index (χ0n) is 11.7. The van der Waals surface area contributed by atoms with E-state index in [2.05, 4.69) is 15.2 Å². The van der Waals surface area contributed by atoms with Crippen LogP contribution >= 0.6 is 22.9 Å². The fourth-order valence-electron chi connectivity index (χ4n) is 2.54. The van der Waals surface area contributed by atoms with Crippen LogP contribution < -0.4 is 10.2 Å². The molecular weight excluding hydrogens is 306 g/mol. The normalized spacial score (nSPS) is 18.0. The van der Waals surface area contributed by atoms with Crippen molar-refractivity contribution in [1.82, 2.24) is 10.3 Å². The Labute approximate surface area is 132 Å². The third-order valence-electron chi connectivity index (χ3n) is 3.67. The molecule has 1 aliphatic heterocycles. The highest BCUT2D eigenvalue weighted by Gasteiger charge is 2.25. The first kappa shape index (κ1) is 14.4. The van der Waals surface area contributed by atoms with Gasteiger partial charge >= 0.3 is 0 Å². The number of anilines is 1. The number of halogens is 1. The maximum atomic E-state index is 12.2. The van der Waals surface area contributed by atoms with Gasteiger partial charge in [-0.05, 0) is 37.6 Å². The number of aryl methyl sites for hydroxylation is 1. The van der Waals surface area contributed by atoms with Gasteiger partial charge in [-0.15, -0.1) is 11.3 Å². The summed E-state index contributed by atoms with van der Waals surface area (Å²) in [7, 11) is 0. The van der Waals surface area contributed by atoms with Gasteiger partial charge in [0.05, 0.1) is 11.2 Å². The van der Waals surface area contributed by atoms with E-state index in [1.54, 1.807) is 5.51 Å². The van der Waals surface area contributed by atoms with Gasteiger partial charge in [-0.25, -0.2) is 4.98 Å². The number of hydrogen-bond donors (Lipinski definition) is 1. The number of carbonyl (C=O) groups is 1. The van der Waals surface area contributed by atoms with Gasteiger partial charge in [0.15, 0.2) is 0 Å². The fourth-order valence-corrected chi connectivity index (χ4v) is 3.37. The molecule has 21 heavy (non-hydrogen) atoms. The van der Waals surface area contributed by atoms with Crippen LogP contribution in [0.25, 0.3) is 0 Å². The molecule has 0 spiro atoms. The van der Waals surface area contributed by atoms with Gasteiger partial charge in [0.2, 0.25) is 0 Å². The number of carbonyl (C=O) groups excluding carboxylic acids is 1. The highest BCUT2D eigenvalue weighted by Crippen LogP contribution is 2.22. The van der Waals surface area contributed by atoms with Crippen LogP contribution in [0, 0.1) is 6.92 Å². The summed E-state index contributed by atoms with van der Waals surface area (Å²) in [6, 6.07) is 7.99. The second-order valence-corrected chi connectivity index (χ2v) is 6.44. The second-order valence-electron chi connectivity index (χ2n) is 5.15. The van der Waals surface area contributed by atoms with Gasteiger partial charge in [-0.2, -0.15) is 0 Å². The van der Waals surface area contributed by atoms with E-state index in [4.69, 9.17) is 11.6 Å². The first-order valence-electron chi connectivity index (χ1n) is 6.85. The molecule has 1 fully saturated rings. The summed E-state index contributed by atoms with van der Waals surface area (Å²) < 4.78 is 0. The minimum atomic E-state index is -0.0158. The third kappa shape index (κ3) is 3.19. The van der Waals surface area contributed by atoms with E-state index in [1.807, 2.05) is 31.2 Å². The summed E-state index contributed by atoms with van der Waals surface area (Å²) in [5.41, 5.74) is 3.65. The average molecular weight is 322 g/mol. The number of aromatic nitrogens is 1. The molecule has 110 valence electrons. The number of hydrogen-bond acceptors (Lipinski definition) is 4. The first-order valence-corrected chi connectivity index (χ1v) is 8.10. The van der Waals surface area contributed by atoms with Gasteiger partial charge in [0.25, 0.3) is 5.91 Å². The van der Waals surface area contributed by atoms with Crippen LogP contribution in [-0.2, 0) is 0 Å². The van der Waals surface area contributed by atoms with Crippen molar-refractivity contribution < 1.29 is 4.79 Å². The lowest BCUT2D eigenvalue weighted by atomic mass is 10.2. The first-order chi connectivity index (χ1) is 10.1. The molecule has 4 nitrogen and oxygen atoms in total. The Kier molecular flexibility index (Phi) is 4.12. The maximum Gasteiger partial charge on any atom is 0.263 e. The standard InChI is InChI=1S/C15H16ClN3OS/c1-10-14(21-9-17-10)15(20)18-12-6-7-19(8-12)13-4-2-11(16)3-5-13/h2-5,9,12H,6-8H2,1H3,(H,18,20)/t12-/m1/s1. The molecule has 0 unspecified atom stereocenters.